The monoisotopic (exact) mass is 210 g/mol. The third-order valence-corrected chi connectivity index (χ3v) is 3.76. The Morgan fingerprint density at radius 2 is 2.43 bits per heavy atom. The van der Waals surface area contributed by atoms with Crippen molar-refractivity contribution >= 4 is 11.3 Å². The Bertz CT molecular complexity index is 306. The van der Waals surface area contributed by atoms with Crippen LogP contribution in [0.25, 0.3) is 0 Å². The van der Waals surface area contributed by atoms with Crippen LogP contribution in [-0.4, -0.2) is 17.6 Å². The normalized spacial score (nSPS) is 20.9. The quantitative estimate of drug-likeness (QED) is 0.828. The molecule has 0 fully saturated rings. The molecule has 1 aliphatic rings. The summed E-state index contributed by atoms with van der Waals surface area (Å²) in [6.07, 6.45) is 4.85. The largest absolute Gasteiger partial charge is 0.314 e. The highest BCUT2D eigenvalue weighted by molar-refractivity contribution is 7.11. The first-order chi connectivity index (χ1) is 6.79. The van der Waals surface area contributed by atoms with Gasteiger partial charge in [0.15, 0.2) is 0 Å². The lowest BCUT2D eigenvalue weighted by molar-refractivity contribution is 0.459. The van der Waals surface area contributed by atoms with Gasteiger partial charge in [0.05, 0.1) is 10.7 Å². The van der Waals surface area contributed by atoms with Crippen molar-refractivity contribution in [3.8, 4) is 0 Å². The zero-order valence-corrected chi connectivity index (χ0v) is 9.78. The second kappa shape index (κ2) is 4.41. The van der Waals surface area contributed by atoms with E-state index in [2.05, 4.69) is 24.1 Å². The molecule has 0 bridgehead atoms. The number of thiazole rings is 1. The van der Waals surface area contributed by atoms with Gasteiger partial charge in [0, 0.05) is 10.9 Å². The molecule has 1 aromatic rings. The highest BCUT2D eigenvalue weighted by atomic mass is 32.1. The minimum atomic E-state index is 0.697. The molecule has 3 heteroatoms. The number of aromatic nitrogens is 1. The van der Waals surface area contributed by atoms with Gasteiger partial charge in [0.2, 0.25) is 0 Å². The number of rotatable bonds is 3. The van der Waals surface area contributed by atoms with E-state index < -0.39 is 0 Å². The fourth-order valence-corrected chi connectivity index (χ4v) is 3.09. The molecule has 0 amide bonds. The third kappa shape index (κ3) is 2.15. The van der Waals surface area contributed by atoms with Crippen molar-refractivity contribution in [2.45, 2.75) is 45.6 Å². The van der Waals surface area contributed by atoms with E-state index >= 15 is 0 Å². The molecule has 1 N–H and O–H groups in total. The maximum atomic E-state index is 4.56. The maximum Gasteiger partial charge on any atom is 0.0900 e. The van der Waals surface area contributed by atoms with E-state index in [9.17, 15) is 0 Å². The number of aryl methyl sites for hydroxylation is 2. The van der Waals surface area contributed by atoms with E-state index in [1.807, 2.05) is 11.3 Å². The minimum absolute atomic E-state index is 0.697. The van der Waals surface area contributed by atoms with E-state index in [0.29, 0.717) is 6.04 Å². The Morgan fingerprint density at radius 1 is 1.57 bits per heavy atom. The summed E-state index contributed by atoms with van der Waals surface area (Å²) >= 11 is 1.88. The molecule has 78 valence electrons. The standard InChI is InChI=1S/C11H18N2S/c1-3-6-12-9-4-5-10-11(7-9)14-8(2)13-10/h9,12H,3-7H2,1-2H3/t9-/m1/s1. The van der Waals surface area contributed by atoms with Crippen molar-refractivity contribution in [3.05, 3.63) is 15.6 Å². The lowest BCUT2D eigenvalue weighted by Gasteiger charge is -2.22. The molecule has 2 rings (SSSR count). The summed E-state index contributed by atoms with van der Waals surface area (Å²) < 4.78 is 0. The van der Waals surface area contributed by atoms with Crippen molar-refractivity contribution in [3.63, 3.8) is 0 Å². The Balaban J connectivity index is 1.98. The molecule has 0 unspecified atom stereocenters. The summed E-state index contributed by atoms with van der Waals surface area (Å²) in [4.78, 5) is 6.07. The lowest BCUT2D eigenvalue weighted by atomic mass is 9.98. The van der Waals surface area contributed by atoms with E-state index in [4.69, 9.17) is 0 Å². The summed E-state index contributed by atoms with van der Waals surface area (Å²) in [5.41, 5.74) is 1.36. The third-order valence-electron chi connectivity index (χ3n) is 2.73. The molecule has 14 heavy (non-hydrogen) atoms. The van der Waals surface area contributed by atoms with Crippen LogP contribution in [0.15, 0.2) is 0 Å². The van der Waals surface area contributed by atoms with Crippen LogP contribution in [0, 0.1) is 6.92 Å². The highest BCUT2D eigenvalue weighted by Crippen LogP contribution is 2.26. The van der Waals surface area contributed by atoms with E-state index in [1.54, 1.807) is 0 Å². The van der Waals surface area contributed by atoms with Crippen LogP contribution in [0.4, 0.5) is 0 Å². The smallest absolute Gasteiger partial charge is 0.0900 e. The number of hydrogen-bond acceptors (Lipinski definition) is 3. The SMILES string of the molecule is CCCN[C@@H]1CCc2nc(C)sc2C1. The fourth-order valence-electron chi connectivity index (χ4n) is 2.03. The Labute approximate surface area is 89.8 Å². The number of nitrogens with one attached hydrogen (secondary N) is 1. The molecule has 0 radical (unpaired) electrons. The second-order valence-corrected chi connectivity index (χ2v) is 5.28. The first-order valence-electron chi connectivity index (χ1n) is 5.48. The van der Waals surface area contributed by atoms with Crippen molar-refractivity contribution < 1.29 is 0 Å². The zero-order valence-electron chi connectivity index (χ0n) is 8.97. The van der Waals surface area contributed by atoms with Crippen molar-refractivity contribution in [1.29, 1.82) is 0 Å². The Hall–Kier alpha value is -0.410. The van der Waals surface area contributed by atoms with Gasteiger partial charge in [0.1, 0.15) is 0 Å². The van der Waals surface area contributed by atoms with Gasteiger partial charge in [-0.15, -0.1) is 11.3 Å². The minimum Gasteiger partial charge on any atom is -0.314 e. The van der Waals surface area contributed by atoms with Crippen LogP contribution in [-0.2, 0) is 12.8 Å². The number of hydrogen-bond donors (Lipinski definition) is 1. The summed E-state index contributed by atoms with van der Waals surface area (Å²) in [5.74, 6) is 0. The van der Waals surface area contributed by atoms with Gasteiger partial charge >= 0.3 is 0 Å². The second-order valence-electron chi connectivity index (χ2n) is 4.00. The predicted octanol–water partition coefficient (Wildman–Crippen LogP) is 2.31. The van der Waals surface area contributed by atoms with Gasteiger partial charge in [-0.2, -0.15) is 0 Å². The first-order valence-corrected chi connectivity index (χ1v) is 6.29. The molecule has 1 aliphatic carbocycles. The fraction of sp³-hybridized carbons (Fsp3) is 0.727. The molecule has 2 nitrogen and oxygen atoms in total. The summed E-state index contributed by atoms with van der Waals surface area (Å²) in [7, 11) is 0. The van der Waals surface area contributed by atoms with E-state index in [1.165, 1.54) is 41.3 Å². The van der Waals surface area contributed by atoms with Crippen LogP contribution >= 0.6 is 11.3 Å². The molecule has 1 atom stereocenters. The lowest BCUT2D eigenvalue weighted by Crippen LogP contribution is -2.34. The maximum absolute atomic E-state index is 4.56. The van der Waals surface area contributed by atoms with Crippen LogP contribution in [0.5, 0.6) is 0 Å². The van der Waals surface area contributed by atoms with Crippen molar-refractivity contribution in [2.24, 2.45) is 0 Å². The Morgan fingerprint density at radius 3 is 3.21 bits per heavy atom. The first kappa shape index (κ1) is 10.1. The summed E-state index contributed by atoms with van der Waals surface area (Å²) in [6.45, 7) is 5.48. The average Bonchev–Trinajstić information content (AvgIpc) is 2.54. The predicted molar refractivity (Wildman–Crippen MR) is 61.0 cm³/mol. The van der Waals surface area contributed by atoms with Crippen LogP contribution < -0.4 is 5.32 Å². The van der Waals surface area contributed by atoms with Crippen LogP contribution in [0.1, 0.15) is 35.3 Å². The molecule has 0 saturated heterocycles. The molecule has 0 aromatic carbocycles. The van der Waals surface area contributed by atoms with Crippen molar-refractivity contribution in [2.75, 3.05) is 6.54 Å². The number of nitrogens with zero attached hydrogens (tertiary/aromatic N) is 1. The molecule has 1 heterocycles. The van der Waals surface area contributed by atoms with Gasteiger partial charge in [-0.1, -0.05) is 6.92 Å². The van der Waals surface area contributed by atoms with Gasteiger partial charge in [-0.05, 0) is 39.2 Å². The van der Waals surface area contributed by atoms with Gasteiger partial charge in [-0.3, -0.25) is 0 Å². The molecule has 0 saturated carbocycles. The molecule has 0 aliphatic heterocycles. The van der Waals surface area contributed by atoms with Crippen molar-refractivity contribution in [1.82, 2.24) is 10.3 Å². The molecular formula is C11H18N2S. The Kier molecular flexibility index (Phi) is 3.19. The summed E-state index contributed by atoms with van der Waals surface area (Å²) in [6, 6.07) is 0.697. The summed E-state index contributed by atoms with van der Waals surface area (Å²) in [5, 5.41) is 4.83. The van der Waals surface area contributed by atoms with Gasteiger partial charge in [0.25, 0.3) is 0 Å². The van der Waals surface area contributed by atoms with Gasteiger partial charge < -0.3 is 5.32 Å². The molecule has 0 spiro atoms. The molecular weight excluding hydrogens is 192 g/mol. The highest BCUT2D eigenvalue weighted by Gasteiger charge is 2.20. The zero-order chi connectivity index (χ0) is 9.97. The van der Waals surface area contributed by atoms with E-state index in [0.717, 1.165) is 6.54 Å². The molecule has 1 aromatic heterocycles. The average molecular weight is 210 g/mol. The topological polar surface area (TPSA) is 24.9 Å². The number of fused-ring (bicyclic) bond motifs is 1. The van der Waals surface area contributed by atoms with E-state index in [-0.39, 0.29) is 0 Å². The van der Waals surface area contributed by atoms with Crippen LogP contribution in [0.2, 0.25) is 0 Å². The van der Waals surface area contributed by atoms with Crippen LogP contribution in [0.3, 0.4) is 0 Å². The van der Waals surface area contributed by atoms with Gasteiger partial charge in [-0.25, -0.2) is 4.98 Å².